The van der Waals surface area contributed by atoms with Crippen LogP contribution in [0.5, 0.6) is 0 Å². The Morgan fingerprint density at radius 2 is 1.85 bits per heavy atom. The standard InChI is InChI=1S/C19H19F2N3O2/c1-10-13-6-7-24(19(13)23-9-22-10)15-8-14(17(25)18(15)26)16(21)11-2-4-12(20)5-3-11/h2-7,9,14-18,25-26H,8H2,1H3/t14?,15?,16?,17-,18+/m1/s1. The SMILES string of the molecule is Cc1ncnc2c1ccn2C1CC(C(F)c2ccc(F)cc2)[C@@H](O)[C@H]1O. The number of nitrogens with zero attached hydrogens (tertiary/aromatic N) is 3. The van der Waals surface area contributed by atoms with E-state index < -0.39 is 36.2 Å². The van der Waals surface area contributed by atoms with Crippen molar-refractivity contribution in [2.24, 2.45) is 5.92 Å². The number of fused-ring (bicyclic) bond motifs is 1. The van der Waals surface area contributed by atoms with E-state index in [0.717, 1.165) is 11.1 Å². The van der Waals surface area contributed by atoms with Gasteiger partial charge in [0, 0.05) is 17.5 Å². The second kappa shape index (κ2) is 6.41. The van der Waals surface area contributed by atoms with Crippen molar-refractivity contribution < 1.29 is 19.0 Å². The molecule has 0 bridgehead atoms. The zero-order valence-electron chi connectivity index (χ0n) is 14.1. The molecule has 0 spiro atoms. The summed E-state index contributed by atoms with van der Waals surface area (Å²) >= 11 is 0. The van der Waals surface area contributed by atoms with E-state index in [-0.39, 0.29) is 6.42 Å². The van der Waals surface area contributed by atoms with Crippen LogP contribution >= 0.6 is 0 Å². The highest BCUT2D eigenvalue weighted by molar-refractivity contribution is 5.78. The molecule has 1 aromatic carbocycles. The Balaban J connectivity index is 1.65. The monoisotopic (exact) mass is 359 g/mol. The van der Waals surface area contributed by atoms with Gasteiger partial charge in [0.05, 0.1) is 17.8 Å². The van der Waals surface area contributed by atoms with E-state index in [2.05, 4.69) is 9.97 Å². The fourth-order valence-electron chi connectivity index (χ4n) is 3.87. The Bertz CT molecular complexity index is 928. The molecule has 1 saturated carbocycles. The topological polar surface area (TPSA) is 71.2 Å². The summed E-state index contributed by atoms with van der Waals surface area (Å²) in [6.07, 6.45) is -0.373. The first-order valence-electron chi connectivity index (χ1n) is 8.51. The lowest BCUT2D eigenvalue weighted by atomic mass is 9.93. The van der Waals surface area contributed by atoms with E-state index in [4.69, 9.17) is 0 Å². The van der Waals surface area contributed by atoms with Crippen LogP contribution in [0.1, 0.15) is 29.9 Å². The van der Waals surface area contributed by atoms with Crippen LogP contribution in [0.25, 0.3) is 11.0 Å². The predicted molar refractivity (Wildman–Crippen MR) is 91.7 cm³/mol. The summed E-state index contributed by atoms with van der Waals surface area (Å²) in [7, 11) is 0. The minimum absolute atomic E-state index is 0.244. The molecule has 2 heterocycles. The average molecular weight is 359 g/mol. The summed E-state index contributed by atoms with van der Waals surface area (Å²) in [5, 5.41) is 21.8. The van der Waals surface area contributed by atoms with Gasteiger partial charge < -0.3 is 14.8 Å². The second-order valence-electron chi connectivity index (χ2n) is 6.82. The number of hydrogen-bond acceptors (Lipinski definition) is 4. The van der Waals surface area contributed by atoms with Gasteiger partial charge in [-0.1, -0.05) is 12.1 Å². The maximum Gasteiger partial charge on any atom is 0.143 e. The van der Waals surface area contributed by atoms with E-state index in [9.17, 15) is 19.0 Å². The van der Waals surface area contributed by atoms with Crippen LogP contribution in [0.3, 0.4) is 0 Å². The Morgan fingerprint density at radius 1 is 1.12 bits per heavy atom. The first-order chi connectivity index (χ1) is 12.5. The van der Waals surface area contributed by atoms with Gasteiger partial charge in [0.15, 0.2) is 0 Å². The molecule has 0 amide bonds. The summed E-state index contributed by atoms with van der Waals surface area (Å²) in [6, 6.07) is 6.47. The molecule has 136 valence electrons. The third-order valence-electron chi connectivity index (χ3n) is 5.33. The first-order valence-corrected chi connectivity index (χ1v) is 8.51. The fourth-order valence-corrected chi connectivity index (χ4v) is 3.87. The molecule has 7 heteroatoms. The second-order valence-corrected chi connectivity index (χ2v) is 6.82. The molecule has 2 aromatic heterocycles. The Kier molecular flexibility index (Phi) is 4.20. The van der Waals surface area contributed by atoms with Crippen LogP contribution in [0.15, 0.2) is 42.9 Å². The van der Waals surface area contributed by atoms with Gasteiger partial charge in [-0.05, 0) is 37.1 Å². The van der Waals surface area contributed by atoms with E-state index in [1.165, 1.54) is 30.6 Å². The minimum atomic E-state index is -1.50. The summed E-state index contributed by atoms with van der Waals surface area (Å²) in [5.74, 6) is -1.24. The number of aliphatic hydroxyl groups excluding tert-OH is 2. The molecule has 0 saturated heterocycles. The first kappa shape index (κ1) is 17.1. The lowest BCUT2D eigenvalue weighted by Gasteiger charge is -2.20. The van der Waals surface area contributed by atoms with Crippen molar-refractivity contribution in [2.75, 3.05) is 0 Å². The van der Waals surface area contributed by atoms with Crippen molar-refractivity contribution >= 4 is 11.0 Å². The average Bonchev–Trinajstić information content (AvgIpc) is 3.18. The van der Waals surface area contributed by atoms with Crippen molar-refractivity contribution in [3.63, 3.8) is 0 Å². The van der Waals surface area contributed by atoms with Gasteiger partial charge in [-0.25, -0.2) is 18.7 Å². The van der Waals surface area contributed by atoms with Gasteiger partial charge in [0.25, 0.3) is 0 Å². The number of aliphatic hydroxyl groups is 2. The number of aryl methyl sites for hydroxylation is 1. The molecule has 4 rings (SSSR count). The molecule has 5 atom stereocenters. The quantitative estimate of drug-likeness (QED) is 0.754. The molecule has 5 nitrogen and oxygen atoms in total. The van der Waals surface area contributed by atoms with Gasteiger partial charge in [-0.3, -0.25) is 0 Å². The Morgan fingerprint density at radius 3 is 2.58 bits per heavy atom. The Labute approximate surface area is 148 Å². The fraction of sp³-hybridized carbons (Fsp3) is 0.368. The Hall–Kier alpha value is -2.38. The van der Waals surface area contributed by atoms with Gasteiger partial charge >= 0.3 is 0 Å². The van der Waals surface area contributed by atoms with Gasteiger partial charge in [0.2, 0.25) is 0 Å². The molecular formula is C19H19F2N3O2. The third kappa shape index (κ3) is 2.68. The van der Waals surface area contributed by atoms with Crippen LogP contribution in [-0.4, -0.2) is 37.0 Å². The molecule has 1 aliphatic carbocycles. The summed E-state index contributed by atoms with van der Waals surface area (Å²) in [6.45, 7) is 1.86. The van der Waals surface area contributed by atoms with Crippen LogP contribution in [-0.2, 0) is 0 Å². The number of rotatable bonds is 3. The van der Waals surface area contributed by atoms with Gasteiger partial charge in [0.1, 0.15) is 30.1 Å². The van der Waals surface area contributed by atoms with Crippen LogP contribution in [0.4, 0.5) is 8.78 Å². The van der Waals surface area contributed by atoms with Crippen LogP contribution in [0.2, 0.25) is 0 Å². The van der Waals surface area contributed by atoms with Crippen molar-refractivity contribution in [1.29, 1.82) is 0 Å². The highest BCUT2D eigenvalue weighted by Gasteiger charge is 2.46. The summed E-state index contributed by atoms with van der Waals surface area (Å²) in [4.78, 5) is 8.41. The van der Waals surface area contributed by atoms with Crippen molar-refractivity contribution in [3.8, 4) is 0 Å². The zero-order chi connectivity index (χ0) is 18.4. The van der Waals surface area contributed by atoms with E-state index in [0.29, 0.717) is 11.2 Å². The normalized spacial score (nSPS) is 27.1. The highest BCUT2D eigenvalue weighted by atomic mass is 19.1. The number of alkyl halides is 1. The van der Waals surface area contributed by atoms with Crippen molar-refractivity contribution in [1.82, 2.24) is 14.5 Å². The number of benzene rings is 1. The molecular weight excluding hydrogens is 340 g/mol. The minimum Gasteiger partial charge on any atom is -0.390 e. The maximum absolute atomic E-state index is 15.0. The number of hydrogen-bond donors (Lipinski definition) is 2. The van der Waals surface area contributed by atoms with Gasteiger partial charge in [-0.15, -0.1) is 0 Å². The lowest BCUT2D eigenvalue weighted by molar-refractivity contribution is -0.00972. The van der Waals surface area contributed by atoms with Crippen LogP contribution < -0.4 is 0 Å². The van der Waals surface area contributed by atoms with Crippen LogP contribution in [0, 0.1) is 18.7 Å². The summed E-state index contributed by atoms with van der Waals surface area (Å²) in [5.41, 5.74) is 1.75. The lowest BCUT2D eigenvalue weighted by Crippen LogP contribution is -2.30. The number of halogens is 2. The molecule has 1 fully saturated rings. The highest BCUT2D eigenvalue weighted by Crippen LogP contribution is 2.44. The maximum atomic E-state index is 15.0. The summed E-state index contributed by atoms with van der Waals surface area (Å²) < 4.78 is 29.8. The molecule has 26 heavy (non-hydrogen) atoms. The molecule has 0 radical (unpaired) electrons. The zero-order valence-corrected chi connectivity index (χ0v) is 14.1. The molecule has 1 aliphatic rings. The molecule has 2 N–H and O–H groups in total. The molecule has 0 aliphatic heterocycles. The van der Waals surface area contributed by atoms with E-state index in [1.54, 1.807) is 10.8 Å². The molecule has 3 aromatic rings. The predicted octanol–water partition coefficient (Wildman–Crippen LogP) is 2.87. The smallest absolute Gasteiger partial charge is 0.143 e. The van der Waals surface area contributed by atoms with Crippen molar-refractivity contribution in [3.05, 3.63) is 59.9 Å². The van der Waals surface area contributed by atoms with E-state index in [1.807, 2.05) is 13.0 Å². The third-order valence-corrected chi connectivity index (χ3v) is 5.33. The van der Waals surface area contributed by atoms with Crippen molar-refractivity contribution in [2.45, 2.75) is 37.8 Å². The number of aromatic nitrogens is 3. The van der Waals surface area contributed by atoms with E-state index >= 15 is 0 Å². The van der Waals surface area contributed by atoms with Gasteiger partial charge in [-0.2, -0.15) is 0 Å². The molecule has 3 unspecified atom stereocenters. The largest absolute Gasteiger partial charge is 0.390 e.